The van der Waals surface area contributed by atoms with Crippen LogP contribution in [0.25, 0.3) is 0 Å². The van der Waals surface area contributed by atoms with Gasteiger partial charge in [-0.1, -0.05) is 27.7 Å². The highest BCUT2D eigenvalue weighted by atomic mass is 16.2. The zero-order valence-electron chi connectivity index (χ0n) is 13.5. The van der Waals surface area contributed by atoms with E-state index in [1.807, 2.05) is 9.58 Å². The van der Waals surface area contributed by atoms with Gasteiger partial charge in [-0.05, 0) is 18.8 Å². The lowest BCUT2D eigenvalue weighted by Gasteiger charge is -2.36. The van der Waals surface area contributed by atoms with E-state index in [1.54, 1.807) is 12.7 Å². The normalized spacial score (nSPS) is 18.5. The number of carbonyl (C=O) groups is 1. The first-order valence-electron chi connectivity index (χ1n) is 7.88. The highest BCUT2D eigenvalue weighted by molar-refractivity contribution is 5.82. The molecule has 0 saturated carbocycles. The summed E-state index contributed by atoms with van der Waals surface area (Å²) in [6.07, 6.45) is 5.22. The summed E-state index contributed by atoms with van der Waals surface area (Å²) in [5.41, 5.74) is 0. The first kappa shape index (κ1) is 15.9. The fourth-order valence-electron chi connectivity index (χ4n) is 2.86. The molecule has 0 radical (unpaired) electrons. The lowest BCUT2D eigenvalue weighted by molar-refractivity contribution is -0.136. The molecule has 0 spiro atoms. The molecule has 1 aliphatic heterocycles. The van der Waals surface area contributed by atoms with Crippen molar-refractivity contribution in [1.29, 1.82) is 0 Å². The van der Waals surface area contributed by atoms with E-state index in [1.165, 1.54) is 0 Å². The number of hydrogen-bond donors (Lipinski definition) is 1. The van der Waals surface area contributed by atoms with Crippen molar-refractivity contribution in [2.75, 3.05) is 13.1 Å². The Bertz CT molecular complexity index is 435. The molecule has 1 amide bonds. The molecule has 1 unspecified atom stereocenters. The second-order valence-electron chi connectivity index (χ2n) is 6.48. The lowest BCUT2D eigenvalue weighted by Crippen LogP contribution is -2.53. The summed E-state index contributed by atoms with van der Waals surface area (Å²) >= 11 is 0. The van der Waals surface area contributed by atoms with Gasteiger partial charge in [0.1, 0.15) is 12.7 Å². The fraction of sp³-hybridized carbons (Fsp3) is 0.800. The van der Waals surface area contributed by atoms with Crippen molar-refractivity contribution in [3.63, 3.8) is 0 Å². The average Bonchev–Trinajstić information content (AvgIpc) is 2.98. The second kappa shape index (κ2) is 7.02. The van der Waals surface area contributed by atoms with Crippen LogP contribution in [0.4, 0.5) is 0 Å². The summed E-state index contributed by atoms with van der Waals surface area (Å²) < 4.78 is 1.91. The third-order valence-electron chi connectivity index (χ3n) is 4.03. The van der Waals surface area contributed by atoms with Crippen LogP contribution in [0, 0.1) is 5.92 Å². The number of nitrogens with zero attached hydrogens (tertiary/aromatic N) is 4. The van der Waals surface area contributed by atoms with Gasteiger partial charge in [0, 0.05) is 19.1 Å². The minimum absolute atomic E-state index is 0.0899. The largest absolute Gasteiger partial charge is 0.341 e. The number of amides is 1. The maximum absolute atomic E-state index is 12.7. The molecule has 21 heavy (non-hydrogen) atoms. The van der Waals surface area contributed by atoms with Crippen molar-refractivity contribution < 1.29 is 4.79 Å². The zero-order valence-corrected chi connectivity index (χ0v) is 13.5. The van der Waals surface area contributed by atoms with E-state index in [2.05, 4.69) is 43.1 Å². The van der Waals surface area contributed by atoms with Crippen molar-refractivity contribution in [3.05, 3.63) is 12.7 Å². The maximum atomic E-state index is 12.7. The van der Waals surface area contributed by atoms with Gasteiger partial charge in [0.2, 0.25) is 5.91 Å². The molecule has 1 aromatic rings. The Morgan fingerprint density at radius 3 is 2.38 bits per heavy atom. The Labute approximate surface area is 126 Å². The van der Waals surface area contributed by atoms with Gasteiger partial charge < -0.3 is 10.2 Å². The van der Waals surface area contributed by atoms with Crippen LogP contribution in [-0.2, 0) is 4.79 Å². The number of piperidine rings is 1. The van der Waals surface area contributed by atoms with Crippen LogP contribution >= 0.6 is 0 Å². The molecular formula is C15H27N5O. The second-order valence-corrected chi connectivity index (χ2v) is 6.48. The summed E-state index contributed by atoms with van der Waals surface area (Å²) in [6, 6.07) is 0.592. The van der Waals surface area contributed by atoms with Crippen LogP contribution in [0.5, 0.6) is 0 Å². The number of nitrogens with one attached hydrogen (secondary N) is 1. The third-order valence-corrected chi connectivity index (χ3v) is 4.03. The van der Waals surface area contributed by atoms with E-state index in [9.17, 15) is 4.79 Å². The van der Waals surface area contributed by atoms with Gasteiger partial charge in [-0.15, -0.1) is 0 Å². The van der Waals surface area contributed by atoms with E-state index in [0.29, 0.717) is 18.0 Å². The van der Waals surface area contributed by atoms with E-state index < -0.39 is 0 Å². The third kappa shape index (κ3) is 4.03. The summed E-state index contributed by atoms with van der Waals surface area (Å²) in [5.74, 6) is 0.531. The molecule has 1 atom stereocenters. The Kier molecular flexibility index (Phi) is 5.33. The lowest BCUT2D eigenvalue weighted by atomic mass is 9.99. The molecule has 0 aliphatic carbocycles. The smallest absolute Gasteiger partial charge is 0.239 e. The molecule has 6 nitrogen and oxygen atoms in total. The van der Waals surface area contributed by atoms with Crippen LogP contribution in [-0.4, -0.2) is 50.7 Å². The predicted molar refractivity (Wildman–Crippen MR) is 81.8 cm³/mol. The van der Waals surface area contributed by atoms with Crippen LogP contribution in [0.3, 0.4) is 0 Å². The number of likely N-dealkylation sites (tertiary alicyclic amines) is 1. The van der Waals surface area contributed by atoms with Gasteiger partial charge in [0.05, 0.1) is 12.1 Å². The molecule has 2 heterocycles. The van der Waals surface area contributed by atoms with Crippen molar-refractivity contribution >= 4 is 5.91 Å². The SMILES string of the molecule is CC(C)NC(C(=O)N1CCC(n2cncn2)CC1)C(C)C. The maximum Gasteiger partial charge on any atom is 0.239 e. The Balaban J connectivity index is 1.92. The molecule has 1 N–H and O–H groups in total. The zero-order chi connectivity index (χ0) is 15.4. The first-order valence-corrected chi connectivity index (χ1v) is 7.88. The van der Waals surface area contributed by atoms with E-state index in [-0.39, 0.29) is 11.9 Å². The quantitative estimate of drug-likeness (QED) is 0.893. The summed E-state index contributed by atoms with van der Waals surface area (Å²) in [5, 5.41) is 7.60. The van der Waals surface area contributed by atoms with E-state index >= 15 is 0 Å². The predicted octanol–water partition coefficient (Wildman–Crippen LogP) is 1.46. The number of hydrogen-bond acceptors (Lipinski definition) is 4. The van der Waals surface area contributed by atoms with Crippen molar-refractivity contribution in [2.45, 2.75) is 58.7 Å². The van der Waals surface area contributed by atoms with Gasteiger partial charge >= 0.3 is 0 Å². The summed E-state index contributed by atoms with van der Waals surface area (Å²) in [4.78, 5) is 18.7. The van der Waals surface area contributed by atoms with Crippen molar-refractivity contribution in [3.8, 4) is 0 Å². The molecule has 1 aliphatic rings. The number of carbonyl (C=O) groups excluding carboxylic acids is 1. The Hall–Kier alpha value is -1.43. The monoisotopic (exact) mass is 293 g/mol. The minimum Gasteiger partial charge on any atom is -0.341 e. The molecule has 1 fully saturated rings. The molecule has 1 saturated heterocycles. The minimum atomic E-state index is -0.0899. The highest BCUT2D eigenvalue weighted by Crippen LogP contribution is 2.22. The van der Waals surface area contributed by atoms with Crippen LogP contribution in [0.1, 0.15) is 46.6 Å². The van der Waals surface area contributed by atoms with Crippen LogP contribution in [0.2, 0.25) is 0 Å². The van der Waals surface area contributed by atoms with E-state index in [4.69, 9.17) is 0 Å². The van der Waals surface area contributed by atoms with Crippen LogP contribution in [0.15, 0.2) is 12.7 Å². The van der Waals surface area contributed by atoms with Gasteiger partial charge in [0.15, 0.2) is 0 Å². The summed E-state index contributed by atoms with van der Waals surface area (Å²) in [7, 11) is 0. The number of aromatic nitrogens is 3. The molecule has 1 aromatic heterocycles. The van der Waals surface area contributed by atoms with E-state index in [0.717, 1.165) is 25.9 Å². The van der Waals surface area contributed by atoms with Gasteiger partial charge in [-0.25, -0.2) is 9.67 Å². The topological polar surface area (TPSA) is 63.1 Å². The Morgan fingerprint density at radius 1 is 1.24 bits per heavy atom. The standard InChI is InChI=1S/C15H27N5O/c1-11(2)14(18-12(3)4)15(21)19-7-5-13(6-8-19)20-10-16-9-17-20/h9-14,18H,5-8H2,1-4H3. The molecule has 0 aromatic carbocycles. The Morgan fingerprint density at radius 2 is 1.90 bits per heavy atom. The first-order chi connectivity index (χ1) is 9.99. The van der Waals surface area contributed by atoms with Gasteiger partial charge in [-0.2, -0.15) is 5.10 Å². The molecule has 118 valence electrons. The fourth-order valence-corrected chi connectivity index (χ4v) is 2.86. The van der Waals surface area contributed by atoms with Crippen molar-refractivity contribution in [2.24, 2.45) is 5.92 Å². The summed E-state index contributed by atoms with van der Waals surface area (Å²) in [6.45, 7) is 9.96. The average molecular weight is 293 g/mol. The molecular weight excluding hydrogens is 266 g/mol. The van der Waals surface area contributed by atoms with Gasteiger partial charge in [0.25, 0.3) is 0 Å². The van der Waals surface area contributed by atoms with Crippen molar-refractivity contribution in [1.82, 2.24) is 25.0 Å². The highest BCUT2D eigenvalue weighted by Gasteiger charge is 2.30. The molecule has 0 bridgehead atoms. The number of rotatable bonds is 5. The van der Waals surface area contributed by atoms with Gasteiger partial charge in [-0.3, -0.25) is 4.79 Å². The molecule has 6 heteroatoms. The molecule has 2 rings (SSSR count). The van der Waals surface area contributed by atoms with Crippen LogP contribution < -0.4 is 5.32 Å².